The summed E-state index contributed by atoms with van der Waals surface area (Å²) in [5.74, 6) is 0.952. The molecular formula is C17H32N2O. The van der Waals surface area contributed by atoms with Crippen LogP contribution in [-0.2, 0) is 0 Å². The molecule has 1 saturated heterocycles. The predicted molar refractivity (Wildman–Crippen MR) is 84.9 cm³/mol. The second-order valence-electron chi connectivity index (χ2n) is 6.63. The molecule has 3 nitrogen and oxygen atoms in total. The first-order valence-corrected chi connectivity index (χ1v) is 8.51. The van der Waals surface area contributed by atoms with Gasteiger partial charge in [-0.3, -0.25) is 4.90 Å². The van der Waals surface area contributed by atoms with Gasteiger partial charge in [-0.2, -0.15) is 0 Å². The molecule has 2 aliphatic rings. The predicted octanol–water partition coefficient (Wildman–Crippen LogP) is 2.51. The van der Waals surface area contributed by atoms with Crippen molar-refractivity contribution in [3.8, 4) is 0 Å². The number of hydrogen-bond acceptors (Lipinski definition) is 3. The van der Waals surface area contributed by atoms with Crippen LogP contribution in [0.25, 0.3) is 0 Å². The van der Waals surface area contributed by atoms with Crippen LogP contribution in [0.5, 0.6) is 0 Å². The van der Waals surface area contributed by atoms with E-state index in [-0.39, 0.29) is 6.10 Å². The zero-order chi connectivity index (χ0) is 14.2. The van der Waals surface area contributed by atoms with Gasteiger partial charge in [-0.1, -0.05) is 25.3 Å². The smallest absolute Gasteiger partial charge is 0.0670 e. The molecule has 0 spiro atoms. The van der Waals surface area contributed by atoms with Crippen molar-refractivity contribution in [1.82, 2.24) is 9.80 Å². The van der Waals surface area contributed by atoms with E-state index >= 15 is 0 Å². The lowest BCUT2D eigenvalue weighted by atomic mass is 9.89. The number of β-amino-alcohol motifs (C(OH)–C–C–N with tert-alkyl or cyclic N) is 1. The molecule has 3 heteroatoms. The molecule has 20 heavy (non-hydrogen) atoms. The van der Waals surface area contributed by atoms with E-state index in [0.717, 1.165) is 38.4 Å². The van der Waals surface area contributed by atoms with Gasteiger partial charge in [0.1, 0.15) is 0 Å². The molecule has 1 aliphatic heterocycles. The Bertz CT molecular complexity index is 268. The van der Waals surface area contributed by atoms with Crippen molar-refractivity contribution in [1.29, 1.82) is 0 Å². The molecule has 1 saturated carbocycles. The molecule has 1 heterocycles. The second kappa shape index (κ2) is 8.81. The molecule has 2 rings (SSSR count). The Morgan fingerprint density at radius 3 is 2.35 bits per heavy atom. The number of allylic oxidation sites excluding steroid dienone is 1. The summed E-state index contributed by atoms with van der Waals surface area (Å²) in [6.07, 6.45) is 10.7. The van der Waals surface area contributed by atoms with Gasteiger partial charge >= 0.3 is 0 Å². The Labute approximate surface area is 124 Å². The van der Waals surface area contributed by atoms with Crippen molar-refractivity contribution >= 4 is 0 Å². The van der Waals surface area contributed by atoms with Gasteiger partial charge in [0, 0.05) is 39.3 Å². The average Bonchev–Trinajstić information content (AvgIpc) is 2.48. The van der Waals surface area contributed by atoms with Crippen LogP contribution in [0.3, 0.4) is 0 Å². The van der Waals surface area contributed by atoms with E-state index in [0.29, 0.717) is 0 Å². The first-order chi connectivity index (χ1) is 9.78. The van der Waals surface area contributed by atoms with Crippen LogP contribution >= 0.6 is 0 Å². The Kier molecular flexibility index (Phi) is 7.05. The second-order valence-corrected chi connectivity index (χ2v) is 6.63. The maximum absolute atomic E-state index is 9.96. The Balaban J connectivity index is 1.60. The van der Waals surface area contributed by atoms with E-state index in [1.165, 1.54) is 51.7 Å². The molecule has 0 bridgehead atoms. The minimum absolute atomic E-state index is 0.183. The van der Waals surface area contributed by atoms with Crippen LogP contribution in [0.1, 0.15) is 44.9 Å². The lowest BCUT2D eigenvalue weighted by molar-refractivity contribution is 0.0615. The van der Waals surface area contributed by atoms with Gasteiger partial charge in [-0.15, -0.1) is 6.58 Å². The molecule has 1 atom stereocenters. The first kappa shape index (κ1) is 16.0. The van der Waals surface area contributed by atoms with E-state index in [1.807, 2.05) is 6.08 Å². The Morgan fingerprint density at radius 2 is 1.70 bits per heavy atom. The standard InChI is InChI=1S/C17H32N2O/c1-2-3-9-17(20)15-19-12-10-18(11-13-19)14-16-7-5-4-6-8-16/h2,16-17,20H,1,3-15H2. The number of rotatable bonds is 7. The van der Waals surface area contributed by atoms with Crippen molar-refractivity contribution in [2.24, 2.45) is 5.92 Å². The highest BCUT2D eigenvalue weighted by atomic mass is 16.3. The van der Waals surface area contributed by atoms with Crippen LogP contribution in [-0.4, -0.2) is 60.3 Å². The highest BCUT2D eigenvalue weighted by Crippen LogP contribution is 2.24. The number of aliphatic hydroxyl groups is 1. The van der Waals surface area contributed by atoms with Gasteiger partial charge in [0.25, 0.3) is 0 Å². The fourth-order valence-electron chi connectivity index (χ4n) is 3.59. The largest absolute Gasteiger partial charge is 0.392 e. The molecule has 0 aromatic heterocycles. The third-order valence-electron chi connectivity index (χ3n) is 4.88. The molecule has 1 N–H and O–H groups in total. The maximum Gasteiger partial charge on any atom is 0.0670 e. The van der Waals surface area contributed by atoms with E-state index in [9.17, 15) is 5.11 Å². The highest BCUT2D eigenvalue weighted by Gasteiger charge is 2.22. The molecule has 0 radical (unpaired) electrons. The van der Waals surface area contributed by atoms with Crippen molar-refractivity contribution in [2.75, 3.05) is 39.3 Å². The zero-order valence-electron chi connectivity index (χ0n) is 13.0. The summed E-state index contributed by atoms with van der Waals surface area (Å²) >= 11 is 0. The van der Waals surface area contributed by atoms with E-state index < -0.39 is 0 Å². The van der Waals surface area contributed by atoms with Crippen LogP contribution in [0.4, 0.5) is 0 Å². The van der Waals surface area contributed by atoms with Crippen molar-refractivity contribution < 1.29 is 5.11 Å². The quantitative estimate of drug-likeness (QED) is 0.726. The first-order valence-electron chi connectivity index (χ1n) is 8.51. The lowest BCUT2D eigenvalue weighted by Crippen LogP contribution is -2.49. The molecular weight excluding hydrogens is 248 g/mol. The van der Waals surface area contributed by atoms with Gasteiger partial charge in [0.05, 0.1) is 6.10 Å². The van der Waals surface area contributed by atoms with Crippen LogP contribution in [0.15, 0.2) is 12.7 Å². The highest BCUT2D eigenvalue weighted by molar-refractivity contribution is 4.78. The molecule has 0 amide bonds. The summed E-state index contributed by atoms with van der Waals surface area (Å²) in [7, 11) is 0. The van der Waals surface area contributed by atoms with Crippen LogP contribution in [0, 0.1) is 5.92 Å². The topological polar surface area (TPSA) is 26.7 Å². The van der Waals surface area contributed by atoms with Gasteiger partial charge in [-0.05, 0) is 31.6 Å². The average molecular weight is 280 g/mol. The van der Waals surface area contributed by atoms with Crippen molar-refractivity contribution in [3.05, 3.63) is 12.7 Å². The Morgan fingerprint density at radius 1 is 1.05 bits per heavy atom. The summed E-state index contributed by atoms with van der Waals surface area (Å²) in [6.45, 7) is 10.5. The molecule has 0 aromatic carbocycles. The van der Waals surface area contributed by atoms with Gasteiger partial charge in [0.2, 0.25) is 0 Å². The van der Waals surface area contributed by atoms with E-state index in [1.54, 1.807) is 0 Å². The minimum atomic E-state index is -0.183. The SMILES string of the molecule is C=CCCC(O)CN1CCN(CC2CCCCC2)CC1. The summed E-state index contributed by atoms with van der Waals surface area (Å²) in [5, 5.41) is 9.96. The molecule has 2 fully saturated rings. The normalized spacial score (nSPS) is 24.6. The lowest BCUT2D eigenvalue weighted by Gasteiger charge is -2.37. The molecule has 1 unspecified atom stereocenters. The number of piperazine rings is 1. The molecule has 0 aromatic rings. The molecule has 116 valence electrons. The van der Waals surface area contributed by atoms with Gasteiger partial charge in [0.15, 0.2) is 0 Å². The number of nitrogens with zero attached hydrogens (tertiary/aromatic N) is 2. The maximum atomic E-state index is 9.96. The van der Waals surface area contributed by atoms with Crippen LogP contribution in [0.2, 0.25) is 0 Å². The summed E-state index contributed by atoms with van der Waals surface area (Å²) in [6, 6.07) is 0. The summed E-state index contributed by atoms with van der Waals surface area (Å²) in [4.78, 5) is 5.06. The van der Waals surface area contributed by atoms with Crippen molar-refractivity contribution in [3.63, 3.8) is 0 Å². The molecule has 1 aliphatic carbocycles. The van der Waals surface area contributed by atoms with Crippen LogP contribution < -0.4 is 0 Å². The monoisotopic (exact) mass is 280 g/mol. The Hall–Kier alpha value is -0.380. The number of hydrogen-bond donors (Lipinski definition) is 1. The fourth-order valence-corrected chi connectivity index (χ4v) is 3.59. The summed E-state index contributed by atoms with van der Waals surface area (Å²) in [5.41, 5.74) is 0. The minimum Gasteiger partial charge on any atom is -0.392 e. The fraction of sp³-hybridized carbons (Fsp3) is 0.882. The third-order valence-corrected chi connectivity index (χ3v) is 4.88. The zero-order valence-corrected chi connectivity index (χ0v) is 13.0. The third kappa shape index (κ3) is 5.55. The van der Waals surface area contributed by atoms with E-state index in [4.69, 9.17) is 0 Å². The van der Waals surface area contributed by atoms with E-state index in [2.05, 4.69) is 16.4 Å². The number of aliphatic hydroxyl groups excluding tert-OH is 1. The van der Waals surface area contributed by atoms with Gasteiger partial charge in [-0.25, -0.2) is 0 Å². The summed E-state index contributed by atoms with van der Waals surface area (Å²) < 4.78 is 0. The van der Waals surface area contributed by atoms with Crippen molar-refractivity contribution in [2.45, 2.75) is 51.0 Å². The van der Waals surface area contributed by atoms with Gasteiger partial charge < -0.3 is 10.0 Å².